The monoisotopic (exact) mass is 1100 g/mol. The summed E-state index contributed by atoms with van der Waals surface area (Å²) in [6.45, 7) is 5.71. The first-order valence-corrected chi connectivity index (χ1v) is 31.9. The number of rotatable bonds is 56. The number of aliphatic carboxylic acids is 2. The van der Waals surface area contributed by atoms with Gasteiger partial charge in [0.25, 0.3) is 0 Å². The van der Waals surface area contributed by atoms with E-state index in [0.717, 1.165) is 57.8 Å². The molecule has 16 heteroatoms. The van der Waals surface area contributed by atoms with Crippen molar-refractivity contribution in [3.05, 3.63) is 0 Å². The molecule has 0 aliphatic heterocycles. The number of nitrogens with two attached hydrogens (primary N) is 2. The van der Waals surface area contributed by atoms with Gasteiger partial charge in [0, 0.05) is 30.8 Å². The van der Waals surface area contributed by atoms with E-state index >= 15 is 0 Å². The summed E-state index contributed by atoms with van der Waals surface area (Å²) in [5, 5.41) is 29.3. The first-order chi connectivity index (χ1) is 36.8. The minimum atomic E-state index is -1.27. The van der Waals surface area contributed by atoms with Crippen molar-refractivity contribution in [2.24, 2.45) is 11.5 Å². The van der Waals surface area contributed by atoms with Gasteiger partial charge in [0.1, 0.15) is 37.4 Å². The molecule has 0 aliphatic rings. The first-order valence-electron chi connectivity index (χ1n) is 30.8. The van der Waals surface area contributed by atoms with Gasteiger partial charge in [-0.05, 0) is 19.3 Å². The smallest absolute Gasteiger partial charge is 0.327 e. The van der Waals surface area contributed by atoms with Gasteiger partial charge in [-0.1, -0.05) is 252 Å². The number of hydrogen-bond donors (Lipinski definition) is 6. The normalized spacial score (nSPS) is 12.7. The first kappa shape index (κ1) is 75.1. The number of thioether (sulfide) groups is 1. The van der Waals surface area contributed by atoms with E-state index in [1.807, 2.05) is 0 Å². The number of esters is 3. The van der Waals surface area contributed by atoms with Crippen molar-refractivity contribution < 1.29 is 58.3 Å². The Morgan fingerprint density at radius 2 is 0.763 bits per heavy atom. The Morgan fingerprint density at radius 1 is 0.421 bits per heavy atom. The van der Waals surface area contributed by atoms with E-state index in [1.165, 1.54) is 204 Å². The number of carbonyl (C=O) groups excluding carboxylic acids is 4. The molecule has 0 bridgehead atoms. The van der Waals surface area contributed by atoms with Crippen LogP contribution in [-0.2, 0) is 43.0 Å². The summed E-state index contributed by atoms with van der Waals surface area (Å²) in [7, 11) is 0. The van der Waals surface area contributed by atoms with Crippen molar-refractivity contribution in [2.75, 3.05) is 31.3 Å². The van der Waals surface area contributed by atoms with Crippen molar-refractivity contribution in [3.8, 4) is 0 Å². The number of carboxylic acid groups (broad SMARTS) is 2. The SMILES string of the molecule is CCCCCCCCCCCCCCCC(=O)N[C@@H](CSCC(COC(=O)CCCCCCCCCCCCCCC)OC(=O)CCCCCCCCCCCCCCC)C(=O)O.N[C@@H](COC(=O)[C@@H](N)CO)C(=O)O. The van der Waals surface area contributed by atoms with E-state index in [9.17, 15) is 33.9 Å². The van der Waals surface area contributed by atoms with Gasteiger partial charge in [-0.3, -0.25) is 24.0 Å². The Balaban J connectivity index is 0. The second-order valence-electron chi connectivity index (χ2n) is 21.1. The lowest BCUT2D eigenvalue weighted by atomic mass is 10.0. The Hall–Kier alpha value is -2.95. The number of carbonyl (C=O) groups is 6. The van der Waals surface area contributed by atoms with Gasteiger partial charge in [0.05, 0.1) is 6.61 Å². The molecule has 0 saturated heterocycles. The van der Waals surface area contributed by atoms with Crippen LogP contribution in [0.3, 0.4) is 0 Å². The summed E-state index contributed by atoms with van der Waals surface area (Å²) in [6.07, 6.45) is 48.4. The second kappa shape index (κ2) is 58.2. The van der Waals surface area contributed by atoms with Gasteiger partial charge in [-0.2, -0.15) is 11.8 Å². The molecule has 76 heavy (non-hydrogen) atoms. The molecule has 0 fully saturated rings. The van der Waals surface area contributed by atoms with Crippen LogP contribution < -0.4 is 16.8 Å². The van der Waals surface area contributed by atoms with Crippen molar-refractivity contribution in [3.63, 3.8) is 0 Å². The summed E-state index contributed by atoms with van der Waals surface area (Å²) in [5.41, 5.74) is 10.1. The highest BCUT2D eigenvalue weighted by atomic mass is 32.2. The zero-order valence-electron chi connectivity index (χ0n) is 48.6. The van der Waals surface area contributed by atoms with Gasteiger partial charge in [0.2, 0.25) is 5.91 Å². The molecule has 0 radical (unpaired) electrons. The summed E-state index contributed by atoms with van der Waals surface area (Å²) in [4.78, 5) is 71.2. The Morgan fingerprint density at radius 3 is 1.11 bits per heavy atom. The minimum absolute atomic E-state index is 0.0439. The molecule has 0 spiro atoms. The van der Waals surface area contributed by atoms with Crippen LogP contribution in [-0.4, -0.2) is 107 Å². The maximum atomic E-state index is 12.9. The summed E-state index contributed by atoms with van der Waals surface area (Å²) in [5.74, 6) is -3.64. The Labute approximate surface area is 466 Å². The number of hydrogen-bond acceptors (Lipinski definition) is 13. The molecule has 8 N–H and O–H groups in total. The number of aliphatic hydroxyl groups is 1. The molecular weight excluding hydrogens is 987 g/mol. The topological polar surface area (TPSA) is 255 Å². The summed E-state index contributed by atoms with van der Waals surface area (Å²) in [6, 6.07) is -3.46. The molecule has 0 aromatic carbocycles. The predicted octanol–water partition coefficient (Wildman–Crippen LogP) is 13.4. The third kappa shape index (κ3) is 54.4. The number of amides is 1. The average Bonchev–Trinajstić information content (AvgIpc) is 3.40. The van der Waals surface area contributed by atoms with Crippen molar-refractivity contribution >= 4 is 47.5 Å². The van der Waals surface area contributed by atoms with E-state index in [2.05, 4.69) is 30.8 Å². The van der Waals surface area contributed by atoms with Gasteiger partial charge < -0.3 is 46.3 Å². The van der Waals surface area contributed by atoms with E-state index in [1.54, 1.807) is 0 Å². The van der Waals surface area contributed by atoms with E-state index < -0.39 is 55.4 Å². The maximum Gasteiger partial charge on any atom is 0.327 e. The minimum Gasteiger partial charge on any atom is -0.480 e. The summed E-state index contributed by atoms with van der Waals surface area (Å²) < 4.78 is 15.8. The Kier molecular flexibility index (Phi) is 57.5. The molecule has 4 atom stereocenters. The van der Waals surface area contributed by atoms with E-state index in [-0.39, 0.29) is 36.0 Å². The third-order valence-corrected chi connectivity index (χ3v) is 14.8. The lowest BCUT2D eigenvalue weighted by Gasteiger charge is -2.19. The molecule has 15 nitrogen and oxygen atoms in total. The Bertz CT molecular complexity index is 1380. The maximum absolute atomic E-state index is 12.9. The van der Waals surface area contributed by atoms with Crippen LogP contribution in [0.5, 0.6) is 0 Å². The largest absolute Gasteiger partial charge is 0.480 e. The zero-order chi connectivity index (χ0) is 56.5. The number of nitrogens with one attached hydrogen (secondary N) is 1. The molecule has 0 heterocycles. The molecule has 0 aliphatic carbocycles. The quantitative estimate of drug-likeness (QED) is 0.0188. The van der Waals surface area contributed by atoms with Crippen LogP contribution in [0.25, 0.3) is 0 Å². The number of aliphatic hydroxyl groups excluding tert-OH is 1. The number of ether oxygens (including phenoxy) is 3. The van der Waals surface area contributed by atoms with Crippen LogP contribution in [0.2, 0.25) is 0 Å². The van der Waals surface area contributed by atoms with Crippen LogP contribution in [0.15, 0.2) is 0 Å². The van der Waals surface area contributed by atoms with Crippen LogP contribution in [0.4, 0.5) is 0 Å². The van der Waals surface area contributed by atoms with Crippen LogP contribution >= 0.6 is 11.8 Å². The van der Waals surface area contributed by atoms with Crippen molar-refractivity contribution in [1.82, 2.24) is 5.32 Å². The second-order valence-corrected chi connectivity index (χ2v) is 22.2. The fourth-order valence-electron chi connectivity index (χ4n) is 8.68. The summed E-state index contributed by atoms with van der Waals surface area (Å²) >= 11 is 1.30. The molecule has 0 rings (SSSR count). The van der Waals surface area contributed by atoms with Crippen molar-refractivity contribution in [2.45, 2.75) is 315 Å². The van der Waals surface area contributed by atoms with E-state index in [0.29, 0.717) is 19.3 Å². The fourth-order valence-corrected chi connectivity index (χ4v) is 9.70. The predicted molar refractivity (Wildman–Crippen MR) is 310 cm³/mol. The molecule has 1 amide bonds. The lowest BCUT2D eigenvalue weighted by molar-refractivity contribution is -0.157. The molecule has 0 saturated carbocycles. The highest BCUT2D eigenvalue weighted by molar-refractivity contribution is 7.99. The van der Waals surface area contributed by atoms with E-state index in [4.69, 9.17) is 31.2 Å². The molecular formula is C60H115N3O12S. The molecule has 0 aromatic rings. The lowest BCUT2D eigenvalue weighted by Crippen LogP contribution is -2.42. The molecule has 1 unspecified atom stereocenters. The third-order valence-electron chi connectivity index (χ3n) is 13.6. The zero-order valence-corrected chi connectivity index (χ0v) is 49.4. The van der Waals surface area contributed by atoms with Gasteiger partial charge in [-0.15, -0.1) is 0 Å². The average molecular weight is 1100 g/mol. The molecule has 0 aromatic heterocycles. The fraction of sp³-hybridized carbons (Fsp3) is 0.900. The van der Waals surface area contributed by atoms with Gasteiger partial charge in [-0.25, -0.2) is 4.79 Å². The van der Waals surface area contributed by atoms with Crippen LogP contribution in [0, 0.1) is 0 Å². The van der Waals surface area contributed by atoms with Gasteiger partial charge >= 0.3 is 29.8 Å². The highest BCUT2D eigenvalue weighted by Gasteiger charge is 2.23. The number of carboxylic acids is 2. The number of unbranched alkanes of at least 4 members (excludes halogenated alkanes) is 36. The van der Waals surface area contributed by atoms with Gasteiger partial charge in [0.15, 0.2) is 0 Å². The standard InChI is InChI=1S/C54H103NO7S.C6H12N2O5/c1-4-7-10-13-16-19-22-25-28-31-34-37-40-43-51(56)55-50(54(59)60)48-63-47-49(62-53(58)45-42-39-36-33-30-27-24-21-18-15-12-9-6-3)46-61-52(57)44-41-38-35-32-29-26-23-20-17-14-11-8-5-2;7-3(1-9)6(12)13-2-4(8)5(10)11/h49-50H,4-48H2,1-3H3,(H,55,56)(H,59,60);3-4,9H,1-2,7-8H2,(H,10,11)/t49?,50-;3-,4-/m00/s1. The van der Waals surface area contributed by atoms with Crippen LogP contribution in [0.1, 0.15) is 290 Å². The van der Waals surface area contributed by atoms with Crippen molar-refractivity contribution in [1.29, 1.82) is 0 Å². The molecule has 448 valence electrons. The highest BCUT2D eigenvalue weighted by Crippen LogP contribution is 2.18.